The molecule has 0 spiro atoms. The smallest absolute Gasteiger partial charge is 0.232 e. The van der Waals surface area contributed by atoms with Gasteiger partial charge in [-0.2, -0.15) is 4.98 Å². The second kappa shape index (κ2) is 6.61. The van der Waals surface area contributed by atoms with Crippen LogP contribution in [0.4, 0.5) is 10.1 Å². The van der Waals surface area contributed by atoms with Gasteiger partial charge in [-0.1, -0.05) is 35.0 Å². The molecular weight excluding hydrogens is 345 g/mol. The minimum absolute atomic E-state index is 0.0745. The fourth-order valence-corrected chi connectivity index (χ4v) is 3.45. The monoisotopic (exact) mass is 365 g/mol. The molecule has 5 nitrogen and oxygen atoms in total. The molecule has 1 aliphatic rings. The van der Waals surface area contributed by atoms with Crippen molar-refractivity contribution in [1.82, 2.24) is 10.1 Å². The average Bonchev–Trinajstić information content (AvgIpc) is 3.24. The Kier molecular flexibility index (Phi) is 4.26. The zero-order valence-electron chi connectivity index (χ0n) is 15.5. The summed E-state index contributed by atoms with van der Waals surface area (Å²) in [7, 11) is 0. The van der Waals surface area contributed by atoms with E-state index in [0.717, 1.165) is 11.1 Å². The zero-order chi connectivity index (χ0) is 19.1. The van der Waals surface area contributed by atoms with Crippen LogP contribution in [0.25, 0.3) is 11.4 Å². The van der Waals surface area contributed by atoms with E-state index in [9.17, 15) is 9.18 Å². The van der Waals surface area contributed by atoms with Crippen LogP contribution in [0, 0.1) is 26.6 Å². The highest BCUT2D eigenvalue weighted by molar-refractivity contribution is 5.96. The van der Waals surface area contributed by atoms with Crippen LogP contribution >= 0.6 is 0 Å². The molecule has 0 aliphatic carbocycles. The zero-order valence-corrected chi connectivity index (χ0v) is 15.5. The molecule has 1 aliphatic heterocycles. The first kappa shape index (κ1) is 17.4. The van der Waals surface area contributed by atoms with Crippen molar-refractivity contribution in [2.75, 3.05) is 11.4 Å². The number of rotatable bonds is 3. The summed E-state index contributed by atoms with van der Waals surface area (Å²) in [5.74, 6) is 0.366. The number of aryl methyl sites for hydroxylation is 3. The Morgan fingerprint density at radius 1 is 1.11 bits per heavy atom. The Labute approximate surface area is 156 Å². The number of halogens is 1. The Morgan fingerprint density at radius 3 is 2.67 bits per heavy atom. The number of carbonyl (C=O) groups excluding carboxylic acids is 1. The summed E-state index contributed by atoms with van der Waals surface area (Å²) in [4.78, 5) is 18.5. The molecular formula is C21H20FN3O2. The molecule has 4 rings (SSSR count). The summed E-state index contributed by atoms with van der Waals surface area (Å²) in [6.07, 6.45) is 0.268. The van der Waals surface area contributed by atoms with E-state index in [4.69, 9.17) is 4.52 Å². The Morgan fingerprint density at radius 2 is 1.93 bits per heavy atom. The van der Waals surface area contributed by atoms with Gasteiger partial charge in [0.25, 0.3) is 0 Å². The molecule has 27 heavy (non-hydrogen) atoms. The van der Waals surface area contributed by atoms with E-state index in [0.29, 0.717) is 29.5 Å². The second-order valence-electron chi connectivity index (χ2n) is 7.11. The van der Waals surface area contributed by atoms with E-state index >= 15 is 0 Å². The van der Waals surface area contributed by atoms with Gasteiger partial charge in [-0.25, -0.2) is 4.39 Å². The maximum atomic E-state index is 13.9. The number of hydrogen-bond acceptors (Lipinski definition) is 4. The van der Waals surface area contributed by atoms with Crippen molar-refractivity contribution in [1.29, 1.82) is 0 Å². The molecule has 1 fully saturated rings. The SMILES string of the molecule is Cc1ccc(-c2noc(C3CC(=O)N(c4ccc(C)c(F)c4)C3)n2)c(C)c1. The van der Waals surface area contributed by atoms with Crippen LogP contribution in [0.15, 0.2) is 40.9 Å². The first-order chi connectivity index (χ1) is 12.9. The number of aromatic nitrogens is 2. The largest absolute Gasteiger partial charge is 0.339 e. The van der Waals surface area contributed by atoms with Crippen LogP contribution in [0.1, 0.15) is 34.9 Å². The molecule has 2 heterocycles. The number of anilines is 1. The summed E-state index contributed by atoms with van der Waals surface area (Å²) in [5.41, 5.74) is 4.26. The summed E-state index contributed by atoms with van der Waals surface area (Å²) < 4.78 is 19.3. The van der Waals surface area contributed by atoms with E-state index in [1.807, 2.05) is 26.0 Å². The summed E-state index contributed by atoms with van der Waals surface area (Å²) in [6.45, 7) is 6.13. The van der Waals surface area contributed by atoms with Crippen LogP contribution in [0.3, 0.4) is 0 Å². The molecule has 1 unspecified atom stereocenters. The number of amides is 1. The van der Waals surface area contributed by atoms with Crippen LogP contribution < -0.4 is 4.90 Å². The minimum Gasteiger partial charge on any atom is -0.339 e. The molecule has 0 saturated carbocycles. The average molecular weight is 365 g/mol. The number of carbonyl (C=O) groups is 1. The maximum Gasteiger partial charge on any atom is 0.232 e. The molecule has 138 valence electrons. The summed E-state index contributed by atoms with van der Waals surface area (Å²) >= 11 is 0. The Hall–Kier alpha value is -3.02. The van der Waals surface area contributed by atoms with E-state index in [2.05, 4.69) is 16.2 Å². The van der Waals surface area contributed by atoms with Gasteiger partial charge in [0, 0.05) is 24.2 Å². The van der Waals surface area contributed by atoms with Crippen LogP contribution in [-0.4, -0.2) is 22.6 Å². The van der Waals surface area contributed by atoms with Crippen LogP contribution in [0.5, 0.6) is 0 Å². The third-order valence-corrected chi connectivity index (χ3v) is 5.01. The van der Waals surface area contributed by atoms with Gasteiger partial charge < -0.3 is 9.42 Å². The van der Waals surface area contributed by atoms with Crippen LogP contribution in [0.2, 0.25) is 0 Å². The van der Waals surface area contributed by atoms with E-state index in [-0.39, 0.29) is 24.1 Å². The molecule has 0 N–H and O–H groups in total. The van der Waals surface area contributed by atoms with Crippen LogP contribution in [-0.2, 0) is 4.79 Å². The lowest BCUT2D eigenvalue weighted by Crippen LogP contribution is -2.24. The first-order valence-corrected chi connectivity index (χ1v) is 8.90. The predicted octanol–water partition coefficient (Wildman–Crippen LogP) is 4.32. The quantitative estimate of drug-likeness (QED) is 0.693. The van der Waals surface area contributed by atoms with Gasteiger partial charge in [-0.3, -0.25) is 4.79 Å². The van der Waals surface area contributed by atoms with Gasteiger partial charge in [0.2, 0.25) is 17.6 Å². The lowest BCUT2D eigenvalue weighted by atomic mass is 10.1. The van der Waals surface area contributed by atoms with Gasteiger partial charge in [-0.15, -0.1) is 0 Å². The molecule has 1 saturated heterocycles. The van der Waals surface area contributed by atoms with Crippen molar-refractivity contribution >= 4 is 11.6 Å². The highest BCUT2D eigenvalue weighted by Crippen LogP contribution is 2.33. The lowest BCUT2D eigenvalue weighted by Gasteiger charge is -2.16. The van der Waals surface area contributed by atoms with Crippen molar-refractivity contribution in [3.05, 3.63) is 64.8 Å². The Balaban J connectivity index is 1.57. The van der Waals surface area contributed by atoms with E-state index in [1.54, 1.807) is 24.0 Å². The van der Waals surface area contributed by atoms with Crippen molar-refractivity contribution < 1.29 is 13.7 Å². The van der Waals surface area contributed by atoms with Crippen molar-refractivity contribution in [2.45, 2.75) is 33.1 Å². The molecule has 6 heteroatoms. The summed E-state index contributed by atoms with van der Waals surface area (Å²) in [5, 5.41) is 4.09. The van der Waals surface area contributed by atoms with Crippen molar-refractivity contribution in [3.8, 4) is 11.4 Å². The number of benzene rings is 2. The molecule has 0 radical (unpaired) electrons. The maximum absolute atomic E-state index is 13.9. The molecule has 1 atom stereocenters. The third kappa shape index (κ3) is 3.23. The second-order valence-corrected chi connectivity index (χ2v) is 7.11. The van der Waals surface area contributed by atoms with Crippen molar-refractivity contribution in [2.24, 2.45) is 0 Å². The van der Waals surface area contributed by atoms with E-state index in [1.165, 1.54) is 11.6 Å². The molecule has 1 aromatic heterocycles. The Bertz CT molecular complexity index is 1030. The third-order valence-electron chi connectivity index (χ3n) is 5.01. The highest BCUT2D eigenvalue weighted by atomic mass is 19.1. The van der Waals surface area contributed by atoms with Gasteiger partial charge >= 0.3 is 0 Å². The summed E-state index contributed by atoms with van der Waals surface area (Å²) in [6, 6.07) is 10.9. The fraction of sp³-hybridized carbons (Fsp3) is 0.286. The van der Waals surface area contributed by atoms with Gasteiger partial charge in [-0.05, 0) is 44.0 Å². The standard InChI is InChI=1S/C21H20FN3O2/c1-12-4-7-17(14(3)8-12)20-23-21(27-24-20)15-9-19(26)25(11-15)16-6-5-13(2)18(22)10-16/h4-8,10,15H,9,11H2,1-3H3. The van der Waals surface area contributed by atoms with Gasteiger partial charge in [0.15, 0.2) is 0 Å². The van der Waals surface area contributed by atoms with Gasteiger partial charge in [0.1, 0.15) is 5.82 Å². The first-order valence-electron chi connectivity index (χ1n) is 8.90. The predicted molar refractivity (Wildman–Crippen MR) is 100 cm³/mol. The van der Waals surface area contributed by atoms with E-state index < -0.39 is 0 Å². The van der Waals surface area contributed by atoms with Crippen molar-refractivity contribution in [3.63, 3.8) is 0 Å². The molecule has 1 amide bonds. The number of hydrogen-bond donors (Lipinski definition) is 0. The van der Waals surface area contributed by atoms with Gasteiger partial charge in [0.05, 0.1) is 5.92 Å². The fourth-order valence-electron chi connectivity index (χ4n) is 3.45. The topological polar surface area (TPSA) is 59.2 Å². The molecule has 0 bridgehead atoms. The normalized spacial score (nSPS) is 17.0. The highest BCUT2D eigenvalue weighted by Gasteiger charge is 2.35. The molecule has 3 aromatic rings. The minimum atomic E-state index is -0.321. The lowest BCUT2D eigenvalue weighted by molar-refractivity contribution is -0.117. The molecule has 2 aromatic carbocycles. The number of nitrogens with zero attached hydrogens (tertiary/aromatic N) is 3.